The normalized spacial score (nSPS) is 14.6. The van der Waals surface area contributed by atoms with Crippen molar-refractivity contribution in [1.82, 2.24) is 20.3 Å². The quantitative estimate of drug-likeness (QED) is 0.399. The third kappa shape index (κ3) is 0.715. The fraction of sp³-hybridized carbons (Fsp3) is 0. The summed E-state index contributed by atoms with van der Waals surface area (Å²) in [7, 11) is 0. The zero-order valence-electron chi connectivity index (χ0n) is 6.42. The first-order valence-corrected chi connectivity index (χ1v) is 3.52. The predicted molar refractivity (Wildman–Crippen MR) is 37.1 cm³/mol. The molecule has 3 heterocycles. The van der Waals surface area contributed by atoms with Gasteiger partial charge >= 0.3 is 11.9 Å². The molecule has 8 nitrogen and oxygen atoms in total. The molecule has 2 aromatic rings. The number of carbonyl (C=O) groups is 2. The summed E-state index contributed by atoms with van der Waals surface area (Å²) in [6.45, 7) is 0. The monoisotopic (exact) mass is 192 g/mol. The van der Waals surface area contributed by atoms with Crippen LogP contribution < -0.4 is 0 Å². The fourth-order valence-corrected chi connectivity index (χ4v) is 1.10. The summed E-state index contributed by atoms with van der Waals surface area (Å²) in [4.78, 5) is 29.5. The Morgan fingerprint density at radius 3 is 1.86 bits per heavy atom. The van der Waals surface area contributed by atoms with Gasteiger partial charge in [0.2, 0.25) is 11.3 Å². The lowest BCUT2D eigenvalue weighted by Crippen LogP contribution is -1.99. The maximum Gasteiger partial charge on any atom is 0.367 e. The van der Waals surface area contributed by atoms with E-state index in [1.54, 1.807) is 0 Å². The predicted octanol–water partition coefficient (Wildman–Crippen LogP) is -0.677. The molecule has 0 aliphatic carbocycles. The number of rotatable bonds is 0. The summed E-state index contributed by atoms with van der Waals surface area (Å²) >= 11 is 0. The number of aromatic nitrogens is 4. The lowest BCUT2D eigenvalue weighted by Gasteiger charge is -1.86. The number of cyclic esters (lactones) is 2. The van der Waals surface area contributed by atoms with Gasteiger partial charge in [0.15, 0.2) is 11.4 Å². The molecule has 0 amide bonds. The van der Waals surface area contributed by atoms with E-state index in [1.165, 1.54) is 0 Å². The van der Waals surface area contributed by atoms with Crippen molar-refractivity contribution in [1.29, 1.82) is 0 Å². The molecule has 14 heavy (non-hydrogen) atoms. The van der Waals surface area contributed by atoms with Crippen LogP contribution in [0.2, 0.25) is 0 Å². The lowest BCUT2D eigenvalue weighted by atomic mass is 10.3. The van der Waals surface area contributed by atoms with Gasteiger partial charge in [-0.2, -0.15) is 0 Å². The molecule has 0 fully saturated rings. The molecule has 1 aliphatic rings. The minimum Gasteiger partial charge on any atom is -0.383 e. The van der Waals surface area contributed by atoms with Crippen LogP contribution in [0, 0.1) is 0 Å². The Balaban J connectivity index is 2.43. The van der Waals surface area contributed by atoms with Gasteiger partial charge in [0.25, 0.3) is 0 Å². The molecule has 8 heteroatoms. The van der Waals surface area contributed by atoms with Crippen LogP contribution in [-0.4, -0.2) is 32.2 Å². The Morgan fingerprint density at radius 1 is 0.857 bits per heavy atom. The first kappa shape index (κ1) is 7.06. The molecule has 68 valence electrons. The minimum atomic E-state index is -0.831. The van der Waals surface area contributed by atoms with E-state index in [4.69, 9.17) is 0 Å². The van der Waals surface area contributed by atoms with Crippen LogP contribution in [0.1, 0.15) is 21.0 Å². The van der Waals surface area contributed by atoms with Crippen molar-refractivity contribution in [2.45, 2.75) is 0 Å². The van der Waals surface area contributed by atoms with Crippen LogP contribution in [0.25, 0.3) is 11.3 Å². The fourth-order valence-electron chi connectivity index (χ4n) is 1.10. The smallest absolute Gasteiger partial charge is 0.367 e. The summed E-state index contributed by atoms with van der Waals surface area (Å²) in [6.07, 6.45) is 0. The third-order valence-electron chi connectivity index (χ3n) is 1.69. The average Bonchev–Trinajstić information content (AvgIpc) is 2.70. The lowest BCUT2D eigenvalue weighted by molar-refractivity contribution is 0.0439. The number of nitrogens with zero attached hydrogens (tertiary/aromatic N) is 4. The van der Waals surface area contributed by atoms with Gasteiger partial charge in [0.1, 0.15) is 0 Å². The summed E-state index contributed by atoms with van der Waals surface area (Å²) in [6, 6.07) is 0. The van der Waals surface area contributed by atoms with Crippen molar-refractivity contribution in [2.24, 2.45) is 0 Å². The number of ether oxygens (including phenoxy) is 1. The van der Waals surface area contributed by atoms with E-state index in [9.17, 15) is 9.59 Å². The summed E-state index contributed by atoms with van der Waals surface area (Å²) in [5.74, 6) is -1.66. The molecule has 0 spiro atoms. The van der Waals surface area contributed by atoms with E-state index < -0.39 is 11.9 Å². The second kappa shape index (κ2) is 2.10. The first-order chi connectivity index (χ1) is 6.75. The second-order valence-corrected chi connectivity index (χ2v) is 2.51. The molecule has 3 rings (SSSR count). The van der Waals surface area contributed by atoms with Crippen LogP contribution in [0.5, 0.6) is 0 Å². The van der Waals surface area contributed by atoms with Gasteiger partial charge in [-0.15, -0.1) is 0 Å². The van der Waals surface area contributed by atoms with Crippen molar-refractivity contribution in [2.75, 3.05) is 0 Å². The van der Waals surface area contributed by atoms with Crippen LogP contribution in [0.4, 0.5) is 0 Å². The van der Waals surface area contributed by atoms with E-state index >= 15 is 0 Å². The molecular formula is C6N4O4. The number of esters is 2. The number of fused-ring (bicyclic) bond motifs is 2. The Kier molecular flexibility index (Phi) is 1.06. The maximum atomic E-state index is 11.0. The molecule has 0 saturated heterocycles. The van der Waals surface area contributed by atoms with Crippen molar-refractivity contribution >= 4 is 23.2 Å². The third-order valence-corrected chi connectivity index (χ3v) is 1.69. The Hall–Kier alpha value is -2.38. The zero-order chi connectivity index (χ0) is 9.71. The average molecular weight is 192 g/mol. The molecule has 1 aliphatic heterocycles. The summed E-state index contributed by atoms with van der Waals surface area (Å²) < 4.78 is 8.61. The zero-order valence-corrected chi connectivity index (χ0v) is 6.42. The van der Waals surface area contributed by atoms with Crippen LogP contribution in [0.15, 0.2) is 4.63 Å². The van der Waals surface area contributed by atoms with E-state index in [0.717, 1.165) is 0 Å². The first-order valence-electron chi connectivity index (χ1n) is 3.52. The molecule has 0 bridgehead atoms. The molecule has 0 atom stereocenters. The van der Waals surface area contributed by atoms with Gasteiger partial charge < -0.3 is 4.74 Å². The molecule has 0 radical (unpaired) electrons. The van der Waals surface area contributed by atoms with Gasteiger partial charge in [-0.05, 0) is 10.3 Å². The van der Waals surface area contributed by atoms with E-state index in [0.29, 0.717) is 0 Å². The molecule has 2 aromatic heterocycles. The van der Waals surface area contributed by atoms with Crippen molar-refractivity contribution in [3.8, 4) is 0 Å². The molecule has 0 saturated carbocycles. The minimum absolute atomic E-state index is 0.0652. The number of carbonyl (C=O) groups excluding carboxylic acids is 2. The molecular weight excluding hydrogens is 192 g/mol. The molecule has 0 unspecified atom stereocenters. The standard InChI is InChI=1S/C6N4O4/c11-5-1-2(6(12)13-5)8-4-3(7-1)9-14-10-4. The summed E-state index contributed by atoms with van der Waals surface area (Å²) in [5.41, 5.74) is -0.179. The highest BCUT2D eigenvalue weighted by molar-refractivity contribution is 6.13. The molecule has 0 aromatic carbocycles. The van der Waals surface area contributed by atoms with Crippen LogP contribution >= 0.6 is 0 Å². The topological polar surface area (TPSA) is 108 Å². The Bertz CT molecular complexity index is 526. The highest BCUT2D eigenvalue weighted by Crippen LogP contribution is 2.17. The molecule has 0 N–H and O–H groups in total. The second-order valence-electron chi connectivity index (χ2n) is 2.51. The highest BCUT2D eigenvalue weighted by atomic mass is 16.6. The Labute approximate surface area is 74.8 Å². The van der Waals surface area contributed by atoms with Crippen molar-refractivity contribution in [3.63, 3.8) is 0 Å². The largest absolute Gasteiger partial charge is 0.383 e. The maximum absolute atomic E-state index is 11.0. The van der Waals surface area contributed by atoms with Gasteiger partial charge in [-0.3, -0.25) is 0 Å². The van der Waals surface area contributed by atoms with E-state index in [-0.39, 0.29) is 22.7 Å². The van der Waals surface area contributed by atoms with Gasteiger partial charge in [-0.25, -0.2) is 24.2 Å². The highest BCUT2D eigenvalue weighted by Gasteiger charge is 2.34. The van der Waals surface area contributed by atoms with Gasteiger partial charge in [0, 0.05) is 0 Å². The number of hydrogen-bond acceptors (Lipinski definition) is 8. The van der Waals surface area contributed by atoms with E-state index in [2.05, 4.69) is 29.6 Å². The van der Waals surface area contributed by atoms with Crippen molar-refractivity contribution in [3.05, 3.63) is 11.4 Å². The van der Waals surface area contributed by atoms with Crippen molar-refractivity contribution < 1.29 is 19.0 Å². The van der Waals surface area contributed by atoms with E-state index in [1.807, 2.05) is 0 Å². The van der Waals surface area contributed by atoms with Crippen LogP contribution in [0.3, 0.4) is 0 Å². The summed E-state index contributed by atoms with van der Waals surface area (Å²) in [5, 5.41) is 6.75. The van der Waals surface area contributed by atoms with Crippen LogP contribution in [-0.2, 0) is 4.74 Å². The van der Waals surface area contributed by atoms with Gasteiger partial charge in [-0.1, -0.05) is 0 Å². The Morgan fingerprint density at radius 2 is 1.36 bits per heavy atom. The SMILES string of the molecule is O=C1OC(=O)c2nc3nonc3nc21. The number of hydrogen-bond donors (Lipinski definition) is 0. The van der Waals surface area contributed by atoms with Gasteiger partial charge in [0.05, 0.1) is 0 Å².